The molecule has 1 heterocycles. The lowest BCUT2D eigenvalue weighted by atomic mass is 10.1. The lowest BCUT2D eigenvalue weighted by Gasteiger charge is -2.23. The number of ketones is 1. The summed E-state index contributed by atoms with van der Waals surface area (Å²) in [5.41, 5.74) is 0.0371. The highest BCUT2D eigenvalue weighted by Crippen LogP contribution is 2.22. The van der Waals surface area contributed by atoms with Gasteiger partial charge in [0.2, 0.25) is 5.91 Å². The molecular formula is C18H21FN2O2S. The van der Waals surface area contributed by atoms with Crippen LogP contribution in [0.15, 0.2) is 41.8 Å². The van der Waals surface area contributed by atoms with Crippen molar-refractivity contribution in [2.45, 2.75) is 18.9 Å². The molecule has 1 amide bonds. The van der Waals surface area contributed by atoms with Gasteiger partial charge in [0.15, 0.2) is 5.78 Å². The lowest BCUT2D eigenvalue weighted by Crippen LogP contribution is -2.34. The van der Waals surface area contributed by atoms with Gasteiger partial charge in [0, 0.05) is 24.3 Å². The van der Waals surface area contributed by atoms with Crippen molar-refractivity contribution in [3.05, 3.63) is 58.0 Å². The van der Waals surface area contributed by atoms with E-state index in [1.165, 1.54) is 23.1 Å². The largest absolute Gasteiger partial charge is 0.354 e. The summed E-state index contributed by atoms with van der Waals surface area (Å²) < 4.78 is 13.5. The minimum atomic E-state index is -0.548. The standard InChI is InChI=1S/C18H21FN2O2S/c1-21(2)15(17-8-5-11-24-17)12-20-18(23)10-9-16(22)13-6-3-4-7-14(13)19/h3-8,11,15H,9-10,12H2,1-2H3,(H,20,23). The molecule has 0 fully saturated rings. The van der Waals surface area contributed by atoms with Gasteiger partial charge in [-0.15, -0.1) is 11.3 Å². The summed E-state index contributed by atoms with van der Waals surface area (Å²) in [7, 11) is 3.91. The van der Waals surface area contributed by atoms with Crippen LogP contribution in [0.3, 0.4) is 0 Å². The van der Waals surface area contributed by atoms with E-state index in [4.69, 9.17) is 0 Å². The number of halogens is 1. The molecule has 0 radical (unpaired) electrons. The van der Waals surface area contributed by atoms with Crippen LogP contribution in [0.5, 0.6) is 0 Å². The van der Waals surface area contributed by atoms with Gasteiger partial charge in [-0.05, 0) is 37.7 Å². The molecule has 1 atom stereocenters. The number of Topliss-reactive ketones (excluding diaryl/α,β-unsaturated/α-hetero) is 1. The number of nitrogens with one attached hydrogen (secondary N) is 1. The zero-order valence-corrected chi connectivity index (χ0v) is 14.6. The molecular weight excluding hydrogens is 327 g/mol. The molecule has 4 nitrogen and oxygen atoms in total. The number of rotatable bonds is 8. The quantitative estimate of drug-likeness (QED) is 0.745. The molecule has 0 saturated heterocycles. The first-order chi connectivity index (χ1) is 11.5. The van der Waals surface area contributed by atoms with Gasteiger partial charge in [-0.25, -0.2) is 4.39 Å². The van der Waals surface area contributed by atoms with E-state index >= 15 is 0 Å². The average molecular weight is 348 g/mol. The van der Waals surface area contributed by atoms with E-state index in [1.807, 2.05) is 36.5 Å². The van der Waals surface area contributed by atoms with Crippen LogP contribution in [0.25, 0.3) is 0 Å². The minimum Gasteiger partial charge on any atom is -0.354 e. The van der Waals surface area contributed by atoms with Crippen molar-refractivity contribution in [1.29, 1.82) is 0 Å². The fourth-order valence-electron chi connectivity index (χ4n) is 2.37. The predicted molar refractivity (Wildman–Crippen MR) is 93.7 cm³/mol. The first-order valence-electron chi connectivity index (χ1n) is 7.73. The second kappa shape index (κ2) is 8.70. The third kappa shape index (κ3) is 4.97. The maximum atomic E-state index is 13.5. The lowest BCUT2D eigenvalue weighted by molar-refractivity contribution is -0.121. The number of carbonyl (C=O) groups excluding carboxylic acids is 2. The van der Waals surface area contributed by atoms with E-state index in [9.17, 15) is 14.0 Å². The molecule has 0 aliphatic rings. The second-order valence-corrected chi connectivity index (χ2v) is 6.68. The smallest absolute Gasteiger partial charge is 0.220 e. The van der Waals surface area contributed by atoms with Gasteiger partial charge in [-0.1, -0.05) is 18.2 Å². The average Bonchev–Trinajstić information content (AvgIpc) is 3.07. The summed E-state index contributed by atoms with van der Waals surface area (Å²) in [6, 6.07) is 9.93. The summed E-state index contributed by atoms with van der Waals surface area (Å²) in [5, 5.41) is 4.85. The molecule has 24 heavy (non-hydrogen) atoms. The highest BCUT2D eigenvalue weighted by Gasteiger charge is 2.17. The number of hydrogen-bond acceptors (Lipinski definition) is 4. The van der Waals surface area contributed by atoms with Gasteiger partial charge >= 0.3 is 0 Å². The summed E-state index contributed by atoms with van der Waals surface area (Å²) in [6.45, 7) is 0.472. The first kappa shape index (κ1) is 18.3. The molecule has 128 valence electrons. The Labute approximate surface area is 145 Å². The van der Waals surface area contributed by atoms with E-state index in [2.05, 4.69) is 5.32 Å². The van der Waals surface area contributed by atoms with Crippen molar-refractivity contribution < 1.29 is 14.0 Å². The van der Waals surface area contributed by atoms with Crippen LogP contribution in [0.1, 0.15) is 34.1 Å². The van der Waals surface area contributed by atoms with Crippen LogP contribution in [0.4, 0.5) is 4.39 Å². The maximum absolute atomic E-state index is 13.5. The molecule has 2 rings (SSSR count). The summed E-state index contributed by atoms with van der Waals surface area (Å²) >= 11 is 1.64. The third-order valence-corrected chi connectivity index (χ3v) is 4.71. The highest BCUT2D eigenvalue weighted by atomic mass is 32.1. The predicted octanol–water partition coefficient (Wildman–Crippen LogP) is 3.27. The number of benzene rings is 1. The number of nitrogens with zero attached hydrogens (tertiary/aromatic N) is 1. The van der Waals surface area contributed by atoms with Crippen molar-refractivity contribution in [3.8, 4) is 0 Å². The van der Waals surface area contributed by atoms with Crippen LogP contribution >= 0.6 is 11.3 Å². The van der Waals surface area contributed by atoms with Gasteiger partial charge in [0.05, 0.1) is 11.6 Å². The van der Waals surface area contributed by atoms with Crippen LogP contribution < -0.4 is 5.32 Å². The Kier molecular flexibility index (Phi) is 6.63. The molecule has 1 aromatic heterocycles. The van der Waals surface area contributed by atoms with Crippen LogP contribution in [-0.4, -0.2) is 37.2 Å². The Bertz CT molecular complexity index is 686. The Morgan fingerprint density at radius 3 is 2.54 bits per heavy atom. The molecule has 2 aromatic rings. The molecule has 0 saturated carbocycles. The van der Waals surface area contributed by atoms with Crippen molar-refractivity contribution in [2.24, 2.45) is 0 Å². The minimum absolute atomic E-state index is 0.00159. The van der Waals surface area contributed by atoms with E-state index in [0.717, 1.165) is 0 Å². The third-order valence-electron chi connectivity index (χ3n) is 3.74. The van der Waals surface area contributed by atoms with Crippen molar-refractivity contribution in [1.82, 2.24) is 10.2 Å². The summed E-state index contributed by atoms with van der Waals surface area (Å²) in [6.07, 6.45) is 0.0517. The molecule has 0 aliphatic heterocycles. The van der Waals surface area contributed by atoms with Crippen LogP contribution in [0, 0.1) is 5.82 Å². The Hall–Kier alpha value is -2.05. The second-order valence-electron chi connectivity index (χ2n) is 5.70. The van der Waals surface area contributed by atoms with Crippen molar-refractivity contribution in [2.75, 3.05) is 20.6 Å². The monoisotopic (exact) mass is 348 g/mol. The fraction of sp³-hybridized carbons (Fsp3) is 0.333. The molecule has 6 heteroatoms. The molecule has 0 bridgehead atoms. The maximum Gasteiger partial charge on any atom is 0.220 e. The first-order valence-corrected chi connectivity index (χ1v) is 8.61. The molecule has 0 spiro atoms. The Balaban J connectivity index is 1.83. The van der Waals surface area contributed by atoms with Gasteiger partial charge in [-0.3, -0.25) is 9.59 Å². The van der Waals surface area contributed by atoms with Crippen molar-refractivity contribution >= 4 is 23.0 Å². The SMILES string of the molecule is CN(C)C(CNC(=O)CCC(=O)c1ccccc1F)c1cccs1. The summed E-state index contributed by atoms with van der Waals surface area (Å²) in [5.74, 6) is -1.11. The normalized spacial score (nSPS) is 12.2. The zero-order valence-electron chi connectivity index (χ0n) is 13.8. The number of likely N-dealkylation sites (N-methyl/N-ethyl adjacent to an activating group) is 1. The molecule has 0 aliphatic carbocycles. The van der Waals surface area contributed by atoms with Gasteiger partial charge in [-0.2, -0.15) is 0 Å². The molecule has 1 N–H and O–H groups in total. The Morgan fingerprint density at radius 1 is 1.17 bits per heavy atom. The van der Waals surface area contributed by atoms with E-state index in [0.29, 0.717) is 6.54 Å². The highest BCUT2D eigenvalue weighted by molar-refractivity contribution is 7.10. The van der Waals surface area contributed by atoms with Gasteiger partial charge in [0.1, 0.15) is 5.82 Å². The number of hydrogen-bond donors (Lipinski definition) is 1. The van der Waals surface area contributed by atoms with Gasteiger partial charge < -0.3 is 10.2 Å². The molecule has 1 aromatic carbocycles. The Morgan fingerprint density at radius 2 is 1.92 bits per heavy atom. The summed E-state index contributed by atoms with van der Waals surface area (Å²) in [4.78, 5) is 27.2. The van der Waals surface area contributed by atoms with Crippen LogP contribution in [-0.2, 0) is 4.79 Å². The fourth-order valence-corrected chi connectivity index (χ4v) is 3.29. The van der Waals surface area contributed by atoms with E-state index in [1.54, 1.807) is 17.4 Å². The van der Waals surface area contributed by atoms with Crippen LogP contribution in [0.2, 0.25) is 0 Å². The number of carbonyl (C=O) groups is 2. The van der Waals surface area contributed by atoms with Gasteiger partial charge in [0.25, 0.3) is 0 Å². The topological polar surface area (TPSA) is 49.4 Å². The molecule has 1 unspecified atom stereocenters. The number of amides is 1. The van der Waals surface area contributed by atoms with E-state index in [-0.39, 0.29) is 36.1 Å². The number of thiophene rings is 1. The zero-order chi connectivity index (χ0) is 17.5. The van der Waals surface area contributed by atoms with E-state index < -0.39 is 5.82 Å². The van der Waals surface area contributed by atoms with Crippen molar-refractivity contribution in [3.63, 3.8) is 0 Å².